The van der Waals surface area contributed by atoms with Crippen LogP contribution in [0.2, 0.25) is 0 Å². The monoisotopic (exact) mass is 329 g/mol. The van der Waals surface area contributed by atoms with Gasteiger partial charge in [0, 0.05) is 3.57 Å². The summed E-state index contributed by atoms with van der Waals surface area (Å²) in [7, 11) is 2.00. The van der Waals surface area contributed by atoms with Gasteiger partial charge in [0.15, 0.2) is 0 Å². The van der Waals surface area contributed by atoms with Gasteiger partial charge in [0.25, 0.3) is 0 Å². The third kappa shape index (κ3) is 2.77. The number of rotatable bonds is 3. The van der Waals surface area contributed by atoms with Gasteiger partial charge in [0.1, 0.15) is 0 Å². The molecule has 1 heterocycles. The number of nitrogens with one attached hydrogen (secondary N) is 1. The Labute approximate surface area is 110 Å². The zero-order valence-electron chi connectivity index (χ0n) is 9.37. The molecule has 0 amide bonds. The van der Waals surface area contributed by atoms with Crippen LogP contribution in [0.3, 0.4) is 0 Å². The molecule has 16 heavy (non-hydrogen) atoms. The molecular formula is C13H16INO. The smallest absolute Gasteiger partial charge is 0.0876 e. The number of ether oxygens (including phenoxy) is 1. The highest BCUT2D eigenvalue weighted by atomic mass is 127. The van der Waals surface area contributed by atoms with E-state index in [1.807, 2.05) is 13.3 Å². The summed E-state index contributed by atoms with van der Waals surface area (Å²) in [6, 6.07) is 8.93. The number of likely N-dealkylation sites (N-methyl/N-ethyl adjacent to an activating group) is 1. The summed E-state index contributed by atoms with van der Waals surface area (Å²) in [5.74, 6) is 0. The second-order valence-electron chi connectivity index (χ2n) is 3.94. The lowest BCUT2D eigenvalue weighted by Gasteiger charge is -2.23. The van der Waals surface area contributed by atoms with Crippen LogP contribution in [0.1, 0.15) is 24.4 Å². The fourth-order valence-corrected chi connectivity index (χ4v) is 2.38. The first-order chi connectivity index (χ1) is 7.81. The molecule has 0 saturated carbocycles. The number of halogens is 1. The Morgan fingerprint density at radius 3 is 2.62 bits per heavy atom. The van der Waals surface area contributed by atoms with E-state index in [1.54, 1.807) is 0 Å². The second-order valence-corrected chi connectivity index (χ2v) is 5.19. The molecule has 0 aromatic heterocycles. The maximum absolute atomic E-state index is 5.41. The average Bonchev–Trinajstić information content (AvgIpc) is 2.34. The Balaban J connectivity index is 2.21. The summed E-state index contributed by atoms with van der Waals surface area (Å²) in [4.78, 5) is 0. The van der Waals surface area contributed by atoms with Gasteiger partial charge < -0.3 is 10.1 Å². The highest BCUT2D eigenvalue weighted by Crippen LogP contribution is 2.27. The number of benzene rings is 1. The number of hydrogen-bond acceptors (Lipinski definition) is 2. The van der Waals surface area contributed by atoms with Crippen LogP contribution in [-0.2, 0) is 4.74 Å². The van der Waals surface area contributed by atoms with Crippen LogP contribution in [-0.4, -0.2) is 13.7 Å². The van der Waals surface area contributed by atoms with Gasteiger partial charge in [-0.2, -0.15) is 0 Å². The van der Waals surface area contributed by atoms with E-state index in [1.165, 1.54) is 14.7 Å². The van der Waals surface area contributed by atoms with Crippen molar-refractivity contribution in [3.63, 3.8) is 0 Å². The molecule has 0 saturated heterocycles. The van der Waals surface area contributed by atoms with Gasteiger partial charge in [0.05, 0.1) is 18.9 Å². The standard InChI is InChI=1S/C13H16INO/c1-15-13(11-3-2-8-16-9-11)10-4-6-12(14)7-5-10/h4-7,9,13,15H,2-3,8H2,1H3. The van der Waals surface area contributed by atoms with E-state index in [2.05, 4.69) is 52.2 Å². The van der Waals surface area contributed by atoms with Crippen molar-refractivity contribution < 1.29 is 4.74 Å². The van der Waals surface area contributed by atoms with Gasteiger partial charge in [-0.05, 0) is 65.7 Å². The zero-order valence-corrected chi connectivity index (χ0v) is 11.5. The van der Waals surface area contributed by atoms with Crippen LogP contribution in [0, 0.1) is 3.57 Å². The fourth-order valence-electron chi connectivity index (χ4n) is 2.02. The summed E-state index contributed by atoms with van der Waals surface area (Å²) in [6.07, 6.45) is 4.16. The Hall–Kier alpha value is -0.550. The molecule has 0 fully saturated rings. The topological polar surface area (TPSA) is 21.3 Å². The molecule has 2 rings (SSSR count). The molecule has 3 heteroatoms. The van der Waals surface area contributed by atoms with Crippen molar-refractivity contribution in [3.05, 3.63) is 45.2 Å². The molecule has 86 valence electrons. The molecule has 0 spiro atoms. The zero-order chi connectivity index (χ0) is 11.4. The van der Waals surface area contributed by atoms with Gasteiger partial charge in [-0.3, -0.25) is 0 Å². The normalized spacial score (nSPS) is 17.5. The van der Waals surface area contributed by atoms with E-state index in [4.69, 9.17) is 4.74 Å². The van der Waals surface area contributed by atoms with E-state index in [0.717, 1.165) is 19.4 Å². The Morgan fingerprint density at radius 2 is 2.06 bits per heavy atom. The van der Waals surface area contributed by atoms with Crippen LogP contribution >= 0.6 is 22.6 Å². The van der Waals surface area contributed by atoms with E-state index < -0.39 is 0 Å². The Morgan fingerprint density at radius 1 is 1.31 bits per heavy atom. The average molecular weight is 329 g/mol. The van der Waals surface area contributed by atoms with Crippen LogP contribution in [0.4, 0.5) is 0 Å². The minimum atomic E-state index is 0.289. The third-order valence-corrected chi connectivity index (χ3v) is 3.54. The molecule has 1 aromatic rings. The van der Waals surface area contributed by atoms with E-state index in [9.17, 15) is 0 Å². The van der Waals surface area contributed by atoms with Crippen molar-refractivity contribution in [2.75, 3.05) is 13.7 Å². The molecular weight excluding hydrogens is 313 g/mol. The predicted molar refractivity (Wildman–Crippen MR) is 74.2 cm³/mol. The Kier molecular flexibility index (Phi) is 4.23. The maximum Gasteiger partial charge on any atom is 0.0876 e. The van der Waals surface area contributed by atoms with Gasteiger partial charge in [-0.15, -0.1) is 0 Å². The molecule has 0 aliphatic carbocycles. The lowest BCUT2D eigenvalue weighted by atomic mass is 9.95. The van der Waals surface area contributed by atoms with Crippen LogP contribution in [0.15, 0.2) is 36.1 Å². The minimum absolute atomic E-state index is 0.289. The molecule has 1 aliphatic heterocycles. The summed E-state index contributed by atoms with van der Waals surface area (Å²) < 4.78 is 6.68. The van der Waals surface area contributed by atoms with Crippen molar-refractivity contribution in [2.24, 2.45) is 0 Å². The largest absolute Gasteiger partial charge is 0.501 e. The first-order valence-corrected chi connectivity index (χ1v) is 6.62. The highest BCUT2D eigenvalue weighted by Gasteiger charge is 2.16. The van der Waals surface area contributed by atoms with E-state index >= 15 is 0 Å². The maximum atomic E-state index is 5.41. The molecule has 1 aromatic carbocycles. The lowest BCUT2D eigenvalue weighted by molar-refractivity contribution is 0.220. The molecule has 1 unspecified atom stereocenters. The number of hydrogen-bond donors (Lipinski definition) is 1. The summed E-state index contributed by atoms with van der Waals surface area (Å²) in [5, 5.41) is 3.36. The van der Waals surface area contributed by atoms with Gasteiger partial charge in [-0.25, -0.2) is 0 Å². The first-order valence-electron chi connectivity index (χ1n) is 5.54. The molecule has 1 atom stereocenters. The second kappa shape index (κ2) is 5.68. The van der Waals surface area contributed by atoms with Gasteiger partial charge >= 0.3 is 0 Å². The predicted octanol–water partition coefficient (Wildman–Crippen LogP) is 3.25. The highest BCUT2D eigenvalue weighted by molar-refractivity contribution is 14.1. The summed E-state index contributed by atoms with van der Waals surface area (Å²) in [6.45, 7) is 0.854. The van der Waals surface area contributed by atoms with Crippen LogP contribution < -0.4 is 5.32 Å². The van der Waals surface area contributed by atoms with Crippen molar-refractivity contribution in [2.45, 2.75) is 18.9 Å². The minimum Gasteiger partial charge on any atom is -0.501 e. The van der Waals surface area contributed by atoms with Crippen molar-refractivity contribution >= 4 is 22.6 Å². The summed E-state index contributed by atoms with van der Waals surface area (Å²) >= 11 is 2.33. The molecule has 0 radical (unpaired) electrons. The SMILES string of the molecule is CNC(C1=COCCC1)c1ccc(I)cc1. The van der Waals surface area contributed by atoms with Crippen molar-refractivity contribution in [3.8, 4) is 0 Å². The third-order valence-electron chi connectivity index (χ3n) is 2.83. The van der Waals surface area contributed by atoms with Crippen molar-refractivity contribution in [1.82, 2.24) is 5.32 Å². The van der Waals surface area contributed by atoms with E-state index in [-0.39, 0.29) is 6.04 Å². The van der Waals surface area contributed by atoms with Crippen molar-refractivity contribution in [1.29, 1.82) is 0 Å². The summed E-state index contributed by atoms with van der Waals surface area (Å²) in [5.41, 5.74) is 2.65. The molecule has 1 N–H and O–H groups in total. The van der Waals surface area contributed by atoms with Crippen LogP contribution in [0.5, 0.6) is 0 Å². The molecule has 0 bridgehead atoms. The fraction of sp³-hybridized carbons (Fsp3) is 0.385. The quantitative estimate of drug-likeness (QED) is 0.860. The Bertz CT molecular complexity index is 372. The molecule has 2 nitrogen and oxygen atoms in total. The van der Waals surface area contributed by atoms with Gasteiger partial charge in [-0.1, -0.05) is 12.1 Å². The van der Waals surface area contributed by atoms with Crippen LogP contribution in [0.25, 0.3) is 0 Å². The van der Waals surface area contributed by atoms with Gasteiger partial charge in [0.2, 0.25) is 0 Å². The van der Waals surface area contributed by atoms with E-state index in [0.29, 0.717) is 0 Å². The lowest BCUT2D eigenvalue weighted by Crippen LogP contribution is -2.20. The molecule has 1 aliphatic rings. The first kappa shape index (κ1) is 11.9.